The highest BCUT2D eigenvalue weighted by atomic mass is 32.2. The zero-order valence-corrected chi connectivity index (χ0v) is 22.6. The van der Waals surface area contributed by atoms with Crippen LogP contribution < -0.4 is 4.74 Å². The maximum atomic E-state index is 13.6. The number of rotatable bonds is 5. The lowest BCUT2D eigenvalue weighted by Crippen LogP contribution is -2.52. The highest BCUT2D eigenvalue weighted by Gasteiger charge is 2.76. The Morgan fingerprint density at radius 2 is 1.52 bits per heavy atom. The van der Waals surface area contributed by atoms with Gasteiger partial charge in [0, 0.05) is 11.8 Å². The maximum Gasteiger partial charge on any atom is 0.329 e. The summed E-state index contributed by atoms with van der Waals surface area (Å²) in [5, 5.41) is 1.07. The molecule has 1 heterocycles. The molecule has 0 aromatic heterocycles. The van der Waals surface area contributed by atoms with Crippen molar-refractivity contribution in [3.05, 3.63) is 36.4 Å². The molecule has 1 saturated heterocycles. The topological polar surface area (TPSA) is 136 Å². The first-order valence-corrected chi connectivity index (χ1v) is 15.6. The van der Waals surface area contributed by atoms with Gasteiger partial charge >= 0.3 is 17.9 Å². The summed E-state index contributed by atoms with van der Waals surface area (Å²) in [7, 11) is -4.59. The molecular weight excluding hydrogens is 536 g/mol. The largest absolute Gasteiger partial charge is 0.744 e. The van der Waals surface area contributed by atoms with Gasteiger partial charge in [-0.2, -0.15) is 0 Å². The van der Waals surface area contributed by atoms with Gasteiger partial charge in [-0.05, 0) is 104 Å². The second-order valence-electron chi connectivity index (χ2n) is 13.2. The first kappa shape index (κ1) is 24.8. The van der Waals surface area contributed by atoms with Crippen molar-refractivity contribution in [1.82, 2.24) is 0 Å². The van der Waals surface area contributed by atoms with Gasteiger partial charge in [0.05, 0.1) is 10.3 Å². The Morgan fingerprint density at radius 3 is 2.20 bits per heavy atom. The van der Waals surface area contributed by atoms with Crippen LogP contribution in [0, 0.1) is 40.4 Å². The van der Waals surface area contributed by atoms with E-state index in [1.807, 2.05) is 0 Å². The molecule has 9 nitrogen and oxygen atoms in total. The van der Waals surface area contributed by atoms with Gasteiger partial charge < -0.3 is 18.8 Å². The molecule has 10 heteroatoms. The highest BCUT2D eigenvalue weighted by molar-refractivity contribution is 7.85. The van der Waals surface area contributed by atoms with Gasteiger partial charge in [0.25, 0.3) is 0 Å². The molecular formula is C30H29O9S-. The van der Waals surface area contributed by atoms with Crippen LogP contribution in [-0.2, 0) is 34.0 Å². The van der Waals surface area contributed by atoms with Crippen molar-refractivity contribution < 1.29 is 41.6 Å². The molecule has 0 amide bonds. The van der Waals surface area contributed by atoms with E-state index >= 15 is 0 Å². The lowest BCUT2D eigenvalue weighted by atomic mass is 9.49. The normalized spacial score (nSPS) is 40.4. The summed E-state index contributed by atoms with van der Waals surface area (Å²) in [6.07, 6.45) is 6.02. The van der Waals surface area contributed by atoms with Crippen molar-refractivity contribution in [2.24, 2.45) is 40.4 Å². The zero-order chi connectivity index (χ0) is 27.6. The van der Waals surface area contributed by atoms with Crippen molar-refractivity contribution >= 4 is 38.8 Å². The Bertz CT molecular complexity index is 1560. The molecule has 0 spiro atoms. The van der Waals surface area contributed by atoms with Crippen LogP contribution in [0.4, 0.5) is 0 Å². The van der Waals surface area contributed by atoms with Gasteiger partial charge in [-0.3, -0.25) is 14.4 Å². The molecule has 0 radical (unpaired) electrons. The molecule has 9 rings (SSSR count). The number of ether oxygens (including phenoxy) is 3. The molecule has 1 aliphatic heterocycles. The summed E-state index contributed by atoms with van der Waals surface area (Å²) in [4.78, 5) is 40.0. The van der Waals surface area contributed by atoms with Gasteiger partial charge in [-0.15, -0.1) is 0 Å². The quantitative estimate of drug-likeness (QED) is 0.230. The van der Waals surface area contributed by atoms with Crippen LogP contribution in [0.5, 0.6) is 5.75 Å². The van der Waals surface area contributed by atoms with E-state index in [2.05, 4.69) is 0 Å². The van der Waals surface area contributed by atoms with Crippen LogP contribution in [0.1, 0.15) is 51.4 Å². The van der Waals surface area contributed by atoms with E-state index in [4.69, 9.17) is 14.2 Å². The van der Waals surface area contributed by atoms with Crippen molar-refractivity contribution in [2.45, 2.75) is 68.5 Å². The van der Waals surface area contributed by atoms with Crippen molar-refractivity contribution in [2.75, 3.05) is 0 Å². The third kappa shape index (κ3) is 3.41. The summed E-state index contributed by atoms with van der Waals surface area (Å²) in [5.41, 5.74) is -1.82. The molecule has 6 saturated carbocycles. The molecule has 6 aliphatic carbocycles. The molecule has 6 bridgehead atoms. The second kappa shape index (κ2) is 8.06. The third-order valence-corrected chi connectivity index (χ3v) is 11.8. The minimum atomic E-state index is -4.59. The van der Waals surface area contributed by atoms with Gasteiger partial charge in [0.15, 0.2) is 5.41 Å². The SMILES string of the molecule is O=C(OC1C2CC3C1OC(=O)C3(C(=O)Oc1ccc3cc(S(=O)(=O)[O-])ccc3c1)C2)C12CC3CC(CC(C3)C1)C2. The van der Waals surface area contributed by atoms with Crippen LogP contribution >= 0.6 is 0 Å². The average Bonchev–Trinajstić information content (AvgIpc) is 3.50. The fourth-order valence-electron chi connectivity index (χ4n) is 9.66. The Labute approximate surface area is 231 Å². The van der Waals surface area contributed by atoms with Crippen LogP contribution in [0.25, 0.3) is 10.8 Å². The number of benzene rings is 2. The lowest BCUT2D eigenvalue weighted by Gasteiger charge is -2.55. The number of hydrogen-bond donors (Lipinski definition) is 0. The molecule has 5 atom stereocenters. The third-order valence-electron chi connectivity index (χ3n) is 10.9. The first-order chi connectivity index (χ1) is 19.0. The van der Waals surface area contributed by atoms with E-state index in [9.17, 15) is 27.4 Å². The van der Waals surface area contributed by atoms with Crippen LogP contribution in [-0.4, -0.2) is 43.1 Å². The first-order valence-electron chi connectivity index (χ1n) is 14.2. The van der Waals surface area contributed by atoms with Crippen LogP contribution in [0.15, 0.2) is 41.3 Å². The maximum absolute atomic E-state index is 13.6. The molecule has 40 heavy (non-hydrogen) atoms. The molecule has 0 N–H and O–H groups in total. The van der Waals surface area contributed by atoms with E-state index in [0.29, 0.717) is 34.9 Å². The minimum absolute atomic E-state index is 0.135. The summed E-state index contributed by atoms with van der Waals surface area (Å²) in [5.74, 6) is 0.0592. The Hall–Kier alpha value is -2.98. The van der Waals surface area contributed by atoms with Gasteiger partial charge in [-0.25, -0.2) is 8.42 Å². The van der Waals surface area contributed by atoms with Gasteiger partial charge in [0.2, 0.25) is 0 Å². The standard InChI is InChI=1S/C30H30O9S/c31-26(29-11-15-5-16(12-29)7-17(6-15)13-29)38-24-20-10-23-25(24)39-28(33)30(23,14-20)27(32)37-21-3-1-19-9-22(40(34,35)36)4-2-18(19)8-21/h1-4,8-9,15-17,20,23-25H,5-7,10-14H2,(H,34,35,36)/p-1. The molecule has 7 aliphatic rings. The predicted molar refractivity (Wildman–Crippen MR) is 137 cm³/mol. The number of carbonyl (C=O) groups excluding carboxylic acids is 3. The average molecular weight is 566 g/mol. The highest BCUT2D eigenvalue weighted by Crippen LogP contribution is 2.64. The Kier molecular flexibility index (Phi) is 5.00. The smallest absolute Gasteiger partial charge is 0.329 e. The fraction of sp³-hybridized carbons (Fsp3) is 0.567. The second-order valence-corrected chi connectivity index (χ2v) is 14.6. The van der Waals surface area contributed by atoms with Crippen LogP contribution in [0.2, 0.25) is 0 Å². The number of carbonyl (C=O) groups is 3. The molecule has 210 valence electrons. The summed E-state index contributed by atoms with van der Waals surface area (Å²) >= 11 is 0. The predicted octanol–water partition coefficient (Wildman–Crippen LogP) is 3.73. The summed E-state index contributed by atoms with van der Waals surface area (Å²) in [6, 6.07) is 8.55. The lowest BCUT2D eigenvalue weighted by molar-refractivity contribution is -0.185. The molecule has 2 aromatic carbocycles. The van der Waals surface area contributed by atoms with E-state index in [1.165, 1.54) is 43.5 Å². The Morgan fingerprint density at radius 1 is 0.875 bits per heavy atom. The molecule has 5 unspecified atom stereocenters. The number of esters is 3. The van der Waals surface area contributed by atoms with Crippen LogP contribution in [0.3, 0.4) is 0 Å². The van der Waals surface area contributed by atoms with Crippen molar-refractivity contribution in [1.29, 1.82) is 0 Å². The Balaban J connectivity index is 0.997. The summed E-state index contributed by atoms with van der Waals surface area (Å²) < 4.78 is 51.6. The molecule has 7 fully saturated rings. The zero-order valence-electron chi connectivity index (χ0n) is 21.7. The van der Waals surface area contributed by atoms with Crippen molar-refractivity contribution in [3.8, 4) is 5.75 Å². The van der Waals surface area contributed by atoms with E-state index in [1.54, 1.807) is 12.1 Å². The number of fused-ring (bicyclic) bond motifs is 2. The van der Waals surface area contributed by atoms with Crippen molar-refractivity contribution in [3.63, 3.8) is 0 Å². The summed E-state index contributed by atoms with van der Waals surface area (Å²) in [6.45, 7) is 0. The fourth-order valence-corrected chi connectivity index (χ4v) is 10.2. The van der Waals surface area contributed by atoms with E-state index in [0.717, 1.165) is 19.3 Å². The monoisotopic (exact) mass is 565 g/mol. The van der Waals surface area contributed by atoms with Gasteiger partial charge in [0.1, 0.15) is 28.1 Å². The minimum Gasteiger partial charge on any atom is -0.744 e. The van der Waals surface area contributed by atoms with E-state index < -0.39 is 51.0 Å². The number of hydrogen-bond acceptors (Lipinski definition) is 9. The van der Waals surface area contributed by atoms with E-state index in [-0.39, 0.29) is 29.0 Å². The molecule has 2 aromatic rings. The van der Waals surface area contributed by atoms with Gasteiger partial charge in [-0.1, -0.05) is 12.1 Å².